The van der Waals surface area contributed by atoms with Crippen LogP contribution in [0.2, 0.25) is 0 Å². The Kier molecular flexibility index (Phi) is 6.36. The highest BCUT2D eigenvalue weighted by Crippen LogP contribution is 2.22. The highest BCUT2D eigenvalue weighted by atomic mass is 32.2. The molecule has 0 aliphatic rings. The Morgan fingerprint density at radius 3 is 2.62 bits per heavy atom. The van der Waals surface area contributed by atoms with Gasteiger partial charge in [0.05, 0.1) is 7.11 Å². The monoisotopic (exact) mass is 368 g/mol. The second kappa shape index (κ2) is 8.27. The summed E-state index contributed by atoms with van der Waals surface area (Å²) < 4.78 is 31.8. The van der Waals surface area contributed by atoms with Gasteiger partial charge in [0.15, 0.2) is 0 Å². The summed E-state index contributed by atoms with van der Waals surface area (Å²) in [5.41, 5.74) is 1.08. The van der Waals surface area contributed by atoms with Crippen LogP contribution in [0.25, 0.3) is 0 Å². The average Bonchev–Trinajstić information content (AvgIpc) is 3.09. The number of thiophene rings is 1. The predicted molar refractivity (Wildman–Crippen MR) is 95.2 cm³/mol. The maximum Gasteiger partial charge on any atom is 0.349 e. The largest absolute Gasteiger partial charge is 0.465 e. The Labute approximate surface area is 146 Å². The molecule has 0 fully saturated rings. The Bertz CT molecular complexity index is 772. The van der Waals surface area contributed by atoms with Crippen LogP contribution in [0.3, 0.4) is 0 Å². The molecule has 0 spiro atoms. The topological polar surface area (TPSA) is 75.7 Å². The van der Waals surface area contributed by atoms with E-state index in [2.05, 4.69) is 14.4 Å². The molecule has 1 N–H and O–H groups in total. The summed E-state index contributed by atoms with van der Waals surface area (Å²) >= 11 is 1.05. The van der Waals surface area contributed by atoms with Crippen molar-refractivity contribution in [2.24, 2.45) is 0 Å². The molecule has 0 aliphatic heterocycles. The SMILES string of the molecule is COC(=O)c1sccc1S(=O)(=O)NCCCN(C)c1ccccc1. The molecule has 2 aromatic rings. The van der Waals surface area contributed by atoms with E-state index in [-0.39, 0.29) is 16.3 Å². The first-order chi connectivity index (χ1) is 11.5. The molecule has 0 saturated heterocycles. The first-order valence-electron chi connectivity index (χ1n) is 7.37. The summed E-state index contributed by atoms with van der Waals surface area (Å²) in [7, 11) is -0.540. The van der Waals surface area contributed by atoms with Crippen molar-refractivity contribution in [2.45, 2.75) is 11.3 Å². The lowest BCUT2D eigenvalue weighted by Crippen LogP contribution is -2.29. The minimum Gasteiger partial charge on any atom is -0.465 e. The van der Waals surface area contributed by atoms with Crippen molar-refractivity contribution in [3.05, 3.63) is 46.7 Å². The summed E-state index contributed by atoms with van der Waals surface area (Å²) in [5.74, 6) is -0.644. The first-order valence-corrected chi connectivity index (χ1v) is 9.73. The lowest BCUT2D eigenvalue weighted by Gasteiger charge is -2.19. The van der Waals surface area contributed by atoms with E-state index in [1.54, 1.807) is 5.38 Å². The van der Waals surface area contributed by atoms with E-state index in [4.69, 9.17) is 0 Å². The molecule has 1 aromatic carbocycles. The summed E-state index contributed by atoms with van der Waals surface area (Å²) in [6.07, 6.45) is 0.641. The number of rotatable bonds is 8. The van der Waals surface area contributed by atoms with Crippen LogP contribution in [-0.4, -0.2) is 41.6 Å². The van der Waals surface area contributed by atoms with Crippen molar-refractivity contribution >= 4 is 33.0 Å². The molecule has 8 heteroatoms. The zero-order valence-corrected chi connectivity index (χ0v) is 15.2. The van der Waals surface area contributed by atoms with E-state index >= 15 is 0 Å². The molecule has 1 heterocycles. The third kappa shape index (κ3) is 4.56. The molecule has 130 valence electrons. The Balaban J connectivity index is 1.90. The summed E-state index contributed by atoms with van der Waals surface area (Å²) in [6, 6.07) is 11.3. The second-order valence-corrected chi connectivity index (χ2v) is 7.77. The molecule has 0 radical (unpaired) electrons. The van der Waals surface area contributed by atoms with Gasteiger partial charge in [-0.25, -0.2) is 17.9 Å². The van der Waals surface area contributed by atoms with Crippen molar-refractivity contribution in [2.75, 3.05) is 32.1 Å². The lowest BCUT2D eigenvalue weighted by atomic mass is 10.3. The maximum absolute atomic E-state index is 12.3. The minimum atomic E-state index is -3.72. The van der Waals surface area contributed by atoms with Crippen LogP contribution in [0.4, 0.5) is 5.69 Å². The van der Waals surface area contributed by atoms with Gasteiger partial charge in [0.25, 0.3) is 0 Å². The molecule has 0 amide bonds. The fraction of sp³-hybridized carbons (Fsp3) is 0.312. The molecule has 0 atom stereocenters. The molecule has 0 saturated carbocycles. The third-order valence-electron chi connectivity index (χ3n) is 3.45. The van der Waals surface area contributed by atoms with E-state index in [0.717, 1.165) is 17.0 Å². The zero-order valence-electron chi connectivity index (χ0n) is 13.6. The molecule has 24 heavy (non-hydrogen) atoms. The number of hydrogen-bond acceptors (Lipinski definition) is 6. The van der Waals surface area contributed by atoms with Crippen molar-refractivity contribution in [3.63, 3.8) is 0 Å². The van der Waals surface area contributed by atoms with E-state index in [0.29, 0.717) is 13.0 Å². The highest BCUT2D eigenvalue weighted by Gasteiger charge is 2.24. The maximum atomic E-state index is 12.3. The molecule has 2 rings (SSSR count). The smallest absolute Gasteiger partial charge is 0.349 e. The summed E-state index contributed by atoms with van der Waals surface area (Å²) in [5, 5.41) is 1.56. The van der Waals surface area contributed by atoms with Crippen LogP contribution in [0.5, 0.6) is 0 Å². The molecule has 6 nitrogen and oxygen atoms in total. The number of benzene rings is 1. The van der Waals surface area contributed by atoms with Gasteiger partial charge in [-0.1, -0.05) is 18.2 Å². The number of methoxy groups -OCH3 is 1. The van der Waals surface area contributed by atoms with Crippen molar-refractivity contribution in [3.8, 4) is 0 Å². The van der Waals surface area contributed by atoms with Gasteiger partial charge < -0.3 is 9.64 Å². The Morgan fingerprint density at radius 2 is 1.96 bits per heavy atom. The predicted octanol–water partition coefficient (Wildman–Crippen LogP) is 2.34. The van der Waals surface area contributed by atoms with Gasteiger partial charge in [-0.05, 0) is 30.0 Å². The number of ether oxygens (including phenoxy) is 1. The molecule has 1 aromatic heterocycles. The van der Waals surface area contributed by atoms with Crippen LogP contribution < -0.4 is 9.62 Å². The lowest BCUT2D eigenvalue weighted by molar-refractivity contribution is 0.0602. The van der Waals surface area contributed by atoms with Crippen LogP contribution in [0.15, 0.2) is 46.7 Å². The molecular weight excluding hydrogens is 348 g/mol. The number of carbonyl (C=O) groups is 1. The number of para-hydroxylation sites is 1. The van der Waals surface area contributed by atoms with Gasteiger partial charge in [0.1, 0.15) is 9.77 Å². The van der Waals surface area contributed by atoms with Crippen LogP contribution in [-0.2, 0) is 14.8 Å². The minimum absolute atomic E-state index is 0.0317. The Morgan fingerprint density at radius 1 is 1.25 bits per heavy atom. The Hall–Kier alpha value is -1.90. The van der Waals surface area contributed by atoms with E-state index < -0.39 is 16.0 Å². The number of carbonyl (C=O) groups excluding carboxylic acids is 1. The standard InChI is InChI=1S/C16H20N2O4S2/c1-18(13-7-4-3-5-8-13)11-6-10-17-24(20,21)14-9-12-23-15(14)16(19)22-2/h3-5,7-9,12,17H,6,10-11H2,1-2H3. The highest BCUT2D eigenvalue weighted by molar-refractivity contribution is 7.89. The van der Waals surface area contributed by atoms with Gasteiger partial charge in [0.2, 0.25) is 10.0 Å². The van der Waals surface area contributed by atoms with E-state index in [1.807, 2.05) is 37.4 Å². The summed E-state index contributed by atoms with van der Waals surface area (Å²) in [4.78, 5) is 13.7. The number of sulfonamides is 1. The van der Waals surface area contributed by atoms with Crippen molar-refractivity contribution < 1.29 is 17.9 Å². The van der Waals surface area contributed by atoms with Gasteiger partial charge >= 0.3 is 5.97 Å². The fourth-order valence-corrected chi connectivity index (χ4v) is 4.57. The number of nitrogens with zero attached hydrogens (tertiary/aromatic N) is 1. The van der Waals surface area contributed by atoms with Gasteiger partial charge in [-0.15, -0.1) is 11.3 Å². The van der Waals surface area contributed by atoms with Crippen molar-refractivity contribution in [1.29, 1.82) is 0 Å². The normalized spacial score (nSPS) is 11.2. The number of esters is 1. The number of nitrogens with one attached hydrogen (secondary N) is 1. The summed E-state index contributed by atoms with van der Waals surface area (Å²) in [6.45, 7) is 0.996. The fourth-order valence-electron chi connectivity index (χ4n) is 2.16. The number of anilines is 1. The molecule has 0 unspecified atom stereocenters. The van der Waals surface area contributed by atoms with E-state index in [9.17, 15) is 13.2 Å². The molecule has 0 aliphatic carbocycles. The van der Waals surface area contributed by atoms with Crippen LogP contribution in [0, 0.1) is 0 Å². The third-order valence-corrected chi connectivity index (χ3v) is 5.98. The van der Waals surface area contributed by atoms with Crippen molar-refractivity contribution in [1.82, 2.24) is 4.72 Å². The van der Waals surface area contributed by atoms with Crippen LogP contribution >= 0.6 is 11.3 Å². The van der Waals surface area contributed by atoms with E-state index in [1.165, 1.54) is 13.2 Å². The average molecular weight is 368 g/mol. The van der Waals surface area contributed by atoms with Gasteiger partial charge in [-0.3, -0.25) is 0 Å². The first kappa shape index (κ1) is 18.4. The zero-order chi connectivity index (χ0) is 17.6. The second-order valence-electron chi connectivity index (χ2n) is 5.11. The molecule has 0 bridgehead atoms. The molecular formula is C16H20N2O4S2. The quantitative estimate of drug-likeness (QED) is 0.572. The van der Waals surface area contributed by atoms with Gasteiger partial charge in [0, 0.05) is 25.8 Å². The van der Waals surface area contributed by atoms with Gasteiger partial charge in [-0.2, -0.15) is 0 Å². The van der Waals surface area contributed by atoms with Crippen LogP contribution in [0.1, 0.15) is 16.1 Å². The number of hydrogen-bond donors (Lipinski definition) is 1.